The van der Waals surface area contributed by atoms with E-state index in [4.69, 9.17) is 10.5 Å². The summed E-state index contributed by atoms with van der Waals surface area (Å²) >= 11 is 0. The molecule has 2 aromatic rings. The van der Waals surface area contributed by atoms with Gasteiger partial charge in [-0.05, 0) is 36.6 Å². The van der Waals surface area contributed by atoms with Crippen LogP contribution in [0.3, 0.4) is 0 Å². The van der Waals surface area contributed by atoms with Gasteiger partial charge in [-0.15, -0.1) is 0 Å². The zero-order valence-corrected chi connectivity index (χ0v) is 15.9. The van der Waals surface area contributed by atoms with E-state index in [2.05, 4.69) is 38.1 Å². The third-order valence-corrected chi connectivity index (χ3v) is 5.34. The molecule has 0 radical (unpaired) electrons. The second-order valence-corrected chi connectivity index (χ2v) is 7.62. The highest BCUT2D eigenvalue weighted by Gasteiger charge is 2.35. The number of unbranched alkanes of at least 4 members (excludes halogenated alkanes) is 1. The Balaban J connectivity index is 1.79. The van der Waals surface area contributed by atoms with Crippen LogP contribution in [0.25, 0.3) is 0 Å². The summed E-state index contributed by atoms with van der Waals surface area (Å²) in [7, 11) is 4.65. The number of primary amides is 1. The summed E-state index contributed by atoms with van der Waals surface area (Å²) in [4.78, 5) is 15.3. The Morgan fingerprint density at radius 1 is 1.31 bits per heavy atom. The highest BCUT2D eigenvalue weighted by atomic mass is 16.5. The molecule has 1 unspecified atom stereocenters. The summed E-state index contributed by atoms with van der Waals surface area (Å²) in [5.74, 6) is 0.756. The van der Waals surface area contributed by atoms with E-state index in [1.54, 1.807) is 12.1 Å². The lowest BCUT2D eigenvalue weighted by Crippen LogP contribution is -2.43. The second kappa shape index (κ2) is 7.46. The van der Waals surface area contributed by atoms with Crippen LogP contribution in [0.4, 0.5) is 0 Å². The molecule has 1 amide bonds. The summed E-state index contributed by atoms with van der Waals surface area (Å²) in [6, 6.07) is 10.1. The number of carbonyl (C=O) groups excluding carboxylic acids is 1. The number of pyridine rings is 1. The number of benzene rings is 1. The standard InChI is InChI=1S/C21H27N3O2/c1-4-5-12-24(2,3)19-10-7-15-6-9-17(13-18(15)19)26-20-11-8-16(14-23-20)21(22)25/h6,8-9,11,13-14,19H,4-5,7,10,12H2,1-3H3,(H-,22,25)/p+1. The van der Waals surface area contributed by atoms with E-state index in [0.29, 0.717) is 17.5 Å². The number of carbonyl (C=O) groups is 1. The van der Waals surface area contributed by atoms with Crippen LogP contribution in [0.15, 0.2) is 36.5 Å². The molecule has 1 heterocycles. The van der Waals surface area contributed by atoms with Gasteiger partial charge in [0.2, 0.25) is 11.8 Å². The number of ether oxygens (including phenoxy) is 1. The van der Waals surface area contributed by atoms with Crippen molar-refractivity contribution >= 4 is 5.91 Å². The summed E-state index contributed by atoms with van der Waals surface area (Å²) in [6.07, 6.45) is 6.21. The Morgan fingerprint density at radius 3 is 2.77 bits per heavy atom. The minimum atomic E-state index is -0.489. The molecule has 1 aromatic heterocycles. The monoisotopic (exact) mass is 354 g/mol. The van der Waals surface area contributed by atoms with Crippen molar-refractivity contribution in [2.24, 2.45) is 5.73 Å². The topological polar surface area (TPSA) is 65.2 Å². The SMILES string of the molecule is CCCC[N+](C)(C)C1CCc2ccc(Oc3ccc(C(N)=O)cn3)cc21. The maximum absolute atomic E-state index is 11.1. The average molecular weight is 354 g/mol. The molecule has 0 aliphatic heterocycles. The van der Waals surface area contributed by atoms with Crippen LogP contribution in [-0.4, -0.2) is 36.0 Å². The van der Waals surface area contributed by atoms with Crippen molar-refractivity contribution < 1.29 is 14.0 Å². The smallest absolute Gasteiger partial charge is 0.250 e. The van der Waals surface area contributed by atoms with Crippen LogP contribution < -0.4 is 10.5 Å². The molecule has 1 atom stereocenters. The van der Waals surface area contributed by atoms with Crippen LogP contribution in [0.2, 0.25) is 0 Å². The normalized spacial score (nSPS) is 16.3. The Hall–Kier alpha value is -2.40. The molecule has 1 aromatic carbocycles. The van der Waals surface area contributed by atoms with Crippen molar-refractivity contribution in [1.29, 1.82) is 0 Å². The highest BCUT2D eigenvalue weighted by molar-refractivity contribution is 5.92. The van der Waals surface area contributed by atoms with Gasteiger partial charge in [-0.1, -0.05) is 19.4 Å². The Bertz CT molecular complexity index is 784. The number of fused-ring (bicyclic) bond motifs is 1. The van der Waals surface area contributed by atoms with Crippen LogP contribution in [0.1, 0.15) is 53.7 Å². The summed E-state index contributed by atoms with van der Waals surface area (Å²) in [5, 5.41) is 0. The van der Waals surface area contributed by atoms with Gasteiger partial charge in [-0.25, -0.2) is 4.98 Å². The maximum atomic E-state index is 11.1. The van der Waals surface area contributed by atoms with Crippen LogP contribution >= 0.6 is 0 Å². The first-order chi connectivity index (χ1) is 12.4. The number of nitrogens with zero attached hydrogens (tertiary/aromatic N) is 2. The largest absolute Gasteiger partial charge is 0.439 e. The van der Waals surface area contributed by atoms with Gasteiger partial charge in [0.25, 0.3) is 0 Å². The van der Waals surface area contributed by atoms with E-state index in [1.807, 2.05) is 6.07 Å². The molecule has 0 bridgehead atoms. The molecule has 0 spiro atoms. The number of nitrogens with two attached hydrogens (primary N) is 1. The average Bonchev–Trinajstić information content (AvgIpc) is 3.04. The van der Waals surface area contributed by atoms with Crippen LogP contribution in [0, 0.1) is 0 Å². The number of hydrogen-bond donors (Lipinski definition) is 1. The summed E-state index contributed by atoms with van der Waals surface area (Å²) in [5.41, 5.74) is 8.43. The maximum Gasteiger partial charge on any atom is 0.250 e. The number of aromatic nitrogens is 1. The predicted octanol–water partition coefficient (Wildman–Crippen LogP) is 3.84. The number of rotatable bonds is 7. The molecule has 0 saturated heterocycles. The summed E-state index contributed by atoms with van der Waals surface area (Å²) < 4.78 is 6.92. The molecular weight excluding hydrogens is 326 g/mol. The third kappa shape index (κ3) is 3.88. The van der Waals surface area contributed by atoms with Gasteiger partial charge in [0.1, 0.15) is 11.8 Å². The first-order valence-corrected chi connectivity index (χ1v) is 9.30. The van der Waals surface area contributed by atoms with E-state index in [-0.39, 0.29) is 0 Å². The molecule has 1 aliphatic rings. The summed E-state index contributed by atoms with van der Waals surface area (Å²) in [6.45, 7) is 3.42. The second-order valence-electron chi connectivity index (χ2n) is 7.62. The van der Waals surface area contributed by atoms with E-state index >= 15 is 0 Å². The fourth-order valence-electron chi connectivity index (χ4n) is 3.78. The fourth-order valence-corrected chi connectivity index (χ4v) is 3.78. The number of quaternary nitrogens is 1. The van der Waals surface area contributed by atoms with Crippen molar-refractivity contribution in [1.82, 2.24) is 4.98 Å². The van der Waals surface area contributed by atoms with Gasteiger partial charge >= 0.3 is 0 Å². The van der Waals surface area contributed by atoms with Gasteiger partial charge in [0.15, 0.2) is 0 Å². The van der Waals surface area contributed by atoms with E-state index in [1.165, 1.54) is 43.1 Å². The van der Waals surface area contributed by atoms with Gasteiger partial charge in [-0.3, -0.25) is 4.79 Å². The number of aryl methyl sites for hydroxylation is 1. The predicted molar refractivity (Wildman–Crippen MR) is 102 cm³/mol. The van der Waals surface area contributed by atoms with Crippen molar-refractivity contribution in [3.63, 3.8) is 0 Å². The van der Waals surface area contributed by atoms with Gasteiger partial charge < -0.3 is 15.0 Å². The van der Waals surface area contributed by atoms with E-state index < -0.39 is 5.91 Å². The molecule has 0 fully saturated rings. The lowest BCUT2D eigenvalue weighted by atomic mass is 10.0. The van der Waals surface area contributed by atoms with Gasteiger partial charge in [0, 0.05) is 24.2 Å². The van der Waals surface area contributed by atoms with Crippen molar-refractivity contribution in [3.05, 3.63) is 53.2 Å². The Kier molecular flexibility index (Phi) is 5.28. The number of amides is 1. The number of hydrogen-bond acceptors (Lipinski definition) is 3. The first kappa shape index (κ1) is 18.4. The van der Waals surface area contributed by atoms with Crippen LogP contribution in [0.5, 0.6) is 11.6 Å². The molecule has 26 heavy (non-hydrogen) atoms. The molecule has 1 aliphatic carbocycles. The Morgan fingerprint density at radius 2 is 2.12 bits per heavy atom. The third-order valence-electron chi connectivity index (χ3n) is 5.34. The zero-order valence-electron chi connectivity index (χ0n) is 15.9. The van der Waals surface area contributed by atoms with E-state index in [0.717, 1.165) is 16.7 Å². The molecule has 138 valence electrons. The minimum Gasteiger partial charge on any atom is -0.439 e. The molecular formula is C21H28N3O2+. The fraction of sp³-hybridized carbons (Fsp3) is 0.429. The van der Waals surface area contributed by atoms with Gasteiger partial charge in [0.05, 0.1) is 26.2 Å². The van der Waals surface area contributed by atoms with E-state index in [9.17, 15) is 4.79 Å². The van der Waals surface area contributed by atoms with Crippen LogP contribution in [-0.2, 0) is 6.42 Å². The minimum absolute atomic E-state index is 0.376. The Labute approximate surface area is 155 Å². The molecule has 0 saturated carbocycles. The molecule has 3 rings (SSSR count). The molecule has 5 nitrogen and oxygen atoms in total. The lowest BCUT2D eigenvalue weighted by molar-refractivity contribution is -0.921. The van der Waals surface area contributed by atoms with Crippen molar-refractivity contribution in [2.45, 2.75) is 38.6 Å². The van der Waals surface area contributed by atoms with Crippen molar-refractivity contribution in [3.8, 4) is 11.6 Å². The first-order valence-electron chi connectivity index (χ1n) is 9.30. The van der Waals surface area contributed by atoms with Gasteiger partial charge in [-0.2, -0.15) is 0 Å². The molecule has 2 N–H and O–H groups in total. The zero-order chi connectivity index (χ0) is 18.7. The van der Waals surface area contributed by atoms with Crippen molar-refractivity contribution in [2.75, 3.05) is 20.6 Å². The molecule has 5 heteroatoms. The quantitative estimate of drug-likeness (QED) is 0.768. The lowest BCUT2D eigenvalue weighted by Gasteiger charge is -2.36. The highest BCUT2D eigenvalue weighted by Crippen LogP contribution is 2.40.